The van der Waals surface area contributed by atoms with Gasteiger partial charge in [0.1, 0.15) is 11.6 Å². The molecule has 3 aliphatic rings. The van der Waals surface area contributed by atoms with E-state index < -0.39 is 0 Å². The van der Waals surface area contributed by atoms with Gasteiger partial charge in [0.05, 0.1) is 0 Å². The standard InChI is InChI=1S/C15H17/c1-3-7-13-9-12-15(14(13)8-4-1)10-5-2-6-11-15/h1,3-4,8-9,12,14H,2,5-6,10-11H2/q+1. The van der Waals surface area contributed by atoms with Crippen molar-refractivity contribution in [2.45, 2.75) is 32.1 Å². The molecule has 0 amide bonds. The fourth-order valence-electron chi connectivity index (χ4n) is 3.27. The molecule has 0 nitrogen and oxygen atoms in total. The van der Waals surface area contributed by atoms with Crippen LogP contribution in [-0.2, 0) is 0 Å². The van der Waals surface area contributed by atoms with Crippen LogP contribution in [0.1, 0.15) is 32.1 Å². The SMILES string of the molecule is [C+]1=C2C=CC3(CCCCC3)C2C=CC=C1. The van der Waals surface area contributed by atoms with Gasteiger partial charge < -0.3 is 0 Å². The van der Waals surface area contributed by atoms with Crippen LogP contribution < -0.4 is 0 Å². The van der Waals surface area contributed by atoms with E-state index in [1.165, 1.54) is 37.7 Å². The Morgan fingerprint density at radius 1 is 1.13 bits per heavy atom. The van der Waals surface area contributed by atoms with Crippen LogP contribution in [0, 0.1) is 17.4 Å². The summed E-state index contributed by atoms with van der Waals surface area (Å²) < 4.78 is 0. The second kappa shape index (κ2) is 3.47. The lowest BCUT2D eigenvalue weighted by molar-refractivity contribution is 0.222. The van der Waals surface area contributed by atoms with E-state index in [-0.39, 0.29) is 0 Å². The van der Waals surface area contributed by atoms with Crippen LogP contribution in [0.15, 0.2) is 42.0 Å². The van der Waals surface area contributed by atoms with Crippen molar-refractivity contribution in [1.82, 2.24) is 0 Å². The van der Waals surface area contributed by atoms with E-state index in [0.717, 1.165) is 0 Å². The molecule has 0 aromatic heterocycles. The Bertz CT molecular complexity index is 359. The molecule has 0 aliphatic heterocycles. The maximum atomic E-state index is 3.40. The molecule has 3 rings (SSSR count). The molecule has 0 radical (unpaired) electrons. The molecule has 1 saturated carbocycles. The number of allylic oxidation sites excluding steroid dienone is 8. The van der Waals surface area contributed by atoms with Gasteiger partial charge in [0.15, 0.2) is 0 Å². The van der Waals surface area contributed by atoms with Crippen LogP contribution in [0.4, 0.5) is 0 Å². The second-order valence-electron chi connectivity index (χ2n) is 4.95. The van der Waals surface area contributed by atoms with E-state index in [1.54, 1.807) is 0 Å². The topological polar surface area (TPSA) is 0 Å². The van der Waals surface area contributed by atoms with Gasteiger partial charge in [-0.1, -0.05) is 25.3 Å². The van der Waals surface area contributed by atoms with Crippen molar-refractivity contribution in [1.29, 1.82) is 0 Å². The predicted octanol–water partition coefficient (Wildman–Crippen LogP) is 3.98. The average Bonchev–Trinajstić information content (AvgIpc) is 2.51. The summed E-state index contributed by atoms with van der Waals surface area (Å²) in [5.41, 5.74) is 1.84. The molecule has 1 spiro atoms. The van der Waals surface area contributed by atoms with Crippen LogP contribution in [-0.4, -0.2) is 0 Å². The summed E-state index contributed by atoms with van der Waals surface area (Å²) in [5, 5.41) is 0. The third kappa shape index (κ3) is 1.41. The van der Waals surface area contributed by atoms with Gasteiger partial charge in [-0.15, -0.1) is 0 Å². The fourth-order valence-corrected chi connectivity index (χ4v) is 3.27. The Morgan fingerprint density at radius 3 is 2.87 bits per heavy atom. The van der Waals surface area contributed by atoms with Gasteiger partial charge >= 0.3 is 0 Å². The monoisotopic (exact) mass is 197 g/mol. The highest BCUT2D eigenvalue weighted by Gasteiger charge is 2.44. The van der Waals surface area contributed by atoms with Gasteiger partial charge in [-0.3, -0.25) is 0 Å². The lowest BCUT2D eigenvalue weighted by Crippen LogP contribution is -2.27. The first-order valence-electron chi connectivity index (χ1n) is 6.07. The molecule has 0 bridgehead atoms. The van der Waals surface area contributed by atoms with Crippen LogP contribution in [0.2, 0.25) is 0 Å². The molecule has 3 aliphatic carbocycles. The van der Waals surface area contributed by atoms with Gasteiger partial charge in [-0.25, -0.2) is 0 Å². The van der Waals surface area contributed by atoms with Gasteiger partial charge in [-0.2, -0.15) is 0 Å². The van der Waals surface area contributed by atoms with Crippen LogP contribution in [0.25, 0.3) is 0 Å². The largest absolute Gasteiger partial charge is 0.122 e. The van der Waals surface area contributed by atoms with E-state index in [9.17, 15) is 0 Å². The van der Waals surface area contributed by atoms with Crippen LogP contribution >= 0.6 is 0 Å². The van der Waals surface area contributed by atoms with Gasteiger partial charge in [0.25, 0.3) is 0 Å². The molecule has 0 saturated heterocycles. The number of rotatable bonds is 0. The lowest BCUT2D eigenvalue weighted by Gasteiger charge is -2.35. The predicted molar refractivity (Wildman–Crippen MR) is 63.2 cm³/mol. The normalized spacial score (nSPS) is 30.9. The Labute approximate surface area is 92.1 Å². The maximum absolute atomic E-state index is 3.40. The summed E-state index contributed by atoms with van der Waals surface area (Å²) in [6, 6.07) is 0. The van der Waals surface area contributed by atoms with Gasteiger partial charge in [0.2, 0.25) is 0 Å². The smallest absolute Gasteiger partial charge is 0.0597 e. The third-order valence-corrected chi connectivity index (χ3v) is 4.09. The fraction of sp³-hybridized carbons (Fsp3) is 0.467. The van der Waals surface area contributed by atoms with Crippen molar-refractivity contribution in [2.24, 2.45) is 11.3 Å². The summed E-state index contributed by atoms with van der Waals surface area (Å²) in [4.78, 5) is 0. The quantitative estimate of drug-likeness (QED) is 0.515. The maximum Gasteiger partial charge on any atom is 0.122 e. The first kappa shape index (κ1) is 9.12. The molecule has 0 heteroatoms. The van der Waals surface area contributed by atoms with E-state index in [1.807, 2.05) is 6.08 Å². The highest BCUT2D eigenvalue weighted by molar-refractivity contribution is 5.40. The Morgan fingerprint density at radius 2 is 2.00 bits per heavy atom. The minimum atomic E-state index is 0.448. The third-order valence-electron chi connectivity index (χ3n) is 4.09. The number of hydrogen-bond donors (Lipinski definition) is 0. The van der Waals surface area contributed by atoms with Crippen LogP contribution in [0.5, 0.6) is 0 Å². The zero-order valence-corrected chi connectivity index (χ0v) is 9.08. The zero-order chi connectivity index (χ0) is 10.1. The van der Waals surface area contributed by atoms with Crippen molar-refractivity contribution in [2.75, 3.05) is 0 Å². The van der Waals surface area contributed by atoms with Crippen molar-refractivity contribution >= 4 is 0 Å². The van der Waals surface area contributed by atoms with Crippen molar-refractivity contribution in [3.8, 4) is 0 Å². The van der Waals surface area contributed by atoms with Crippen molar-refractivity contribution in [3.05, 3.63) is 48.1 Å². The molecule has 15 heavy (non-hydrogen) atoms. The first-order valence-corrected chi connectivity index (χ1v) is 6.07. The van der Waals surface area contributed by atoms with E-state index >= 15 is 0 Å². The molecular formula is C15H17+. The first-order chi connectivity index (χ1) is 7.41. The van der Waals surface area contributed by atoms with E-state index in [4.69, 9.17) is 0 Å². The second-order valence-corrected chi connectivity index (χ2v) is 4.95. The van der Waals surface area contributed by atoms with Gasteiger partial charge in [0, 0.05) is 29.6 Å². The summed E-state index contributed by atoms with van der Waals surface area (Å²) in [6.07, 6.45) is 23.8. The molecule has 1 atom stereocenters. The Kier molecular flexibility index (Phi) is 2.11. The summed E-state index contributed by atoms with van der Waals surface area (Å²) >= 11 is 0. The molecule has 0 N–H and O–H groups in total. The molecule has 76 valence electrons. The van der Waals surface area contributed by atoms with E-state index in [0.29, 0.717) is 11.3 Å². The lowest BCUT2D eigenvalue weighted by atomic mass is 9.67. The molecule has 0 aromatic rings. The van der Waals surface area contributed by atoms with Crippen LogP contribution in [0.3, 0.4) is 0 Å². The number of fused-ring (bicyclic) bond motifs is 2. The highest BCUT2D eigenvalue weighted by atomic mass is 14.4. The molecular weight excluding hydrogens is 180 g/mol. The van der Waals surface area contributed by atoms with Crippen molar-refractivity contribution < 1.29 is 0 Å². The van der Waals surface area contributed by atoms with Crippen molar-refractivity contribution in [3.63, 3.8) is 0 Å². The summed E-state index contributed by atoms with van der Waals surface area (Å²) in [6.45, 7) is 0. The minimum absolute atomic E-state index is 0.448. The molecule has 0 aromatic carbocycles. The minimum Gasteiger partial charge on any atom is -0.0597 e. The molecule has 1 fully saturated rings. The van der Waals surface area contributed by atoms with Gasteiger partial charge in [-0.05, 0) is 25.0 Å². The molecule has 0 heterocycles. The zero-order valence-electron chi connectivity index (χ0n) is 9.08. The highest BCUT2D eigenvalue weighted by Crippen LogP contribution is 2.51. The summed E-state index contributed by atoms with van der Waals surface area (Å²) in [7, 11) is 0. The Balaban J connectivity index is 1.96. The van der Waals surface area contributed by atoms with E-state index in [2.05, 4.69) is 36.5 Å². The molecule has 1 unspecified atom stereocenters. The summed E-state index contributed by atoms with van der Waals surface area (Å²) in [5.74, 6) is 0.604. The average molecular weight is 197 g/mol. The Hall–Kier alpha value is -1.13. The number of hydrogen-bond acceptors (Lipinski definition) is 0.